The highest BCUT2D eigenvalue weighted by atomic mass is 16.5. The minimum atomic E-state index is -0.535. The quantitative estimate of drug-likeness (QED) is 0.750. The zero-order valence-corrected chi connectivity index (χ0v) is 15.3. The number of methoxy groups -OCH3 is 1. The van der Waals surface area contributed by atoms with E-state index in [0.717, 1.165) is 41.6 Å². The highest BCUT2D eigenvalue weighted by molar-refractivity contribution is 5.82. The van der Waals surface area contributed by atoms with Crippen molar-refractivity contribution >= 4 is 10.8 Å². The second kappa shape index (κ2) is 7.90. The van der Waals surface area contributed by atoms with Crippen molar-refractivity contribution in [3.8, 4) is 11.6 Å². The molecule has 1 saturated heterocycles. The summed E-state index contributed by atoms with van der Waals surface area (Å²) in [7, 11) is 1.61. The third-order valence-electron chi connectivity index (χ3n) is 4.92. The highest BCUT2D eigenvalue weighted by Crippen LogP contribution is 2.24. The van der Waals surface area contributed by atoms with Gasteiger partial charge in [-0.3, -0.25) is 9.88 Å². The fourth-order valence-corrected chi connectivity index (χ4v) is 3.49. The van der Waals surface area contributed by atoms with Crippen molar-refractivity contribution in [1.29, 1.82) is 0 Å². The first-order valence-electron chi connectivity index (χ1n) is 9.11. The predicted octanol–water partition coefficient (Wildman–Crippen LogP) is 2.65. The molecule has 6 heteroatoms. The Labute approximate surface area is 158 Å². The lowest BCUT2D eigenvalue weighted by atomic mass is 10.0. The van der Waals surface area contributed by atoms with Gasteiger partial charge in [-0.05, 0) is 41.6 Å². The molecule has 2 aromatic heterocycles. The smallest absolute Gasteiger partial charge is 0.213 e. The molecule has 0 aliphatic carbocycles. The van der Waals surface area contributed by atoms with Gasteiger partial charge in [0, 0.05) is 49.7 Å². The number of pyridine rings is 2. The largest absolute Gasteiger partial charge is 0.488 e. The summed E-state index contributed by atoms with van der Waals surface area (Å²) in [6.45, 7) is 2.19. The van der Waals surface area contributed by atoms with Gasteiger partial charge in [0.2, 0.25) is 5.88 Å². The number of likely N-dealkylation sites (tertiary alicyclic amines) is 1. The molecule has 0 unspecified atom stereocenters. The third kappa shape index (κ3) is 4.18. The lowest BCUT2D eigenvalue weighted by molar-refractivity contribution is -0.0274. The van der Waals surface area contributed by atoms with E-state index < -0.39 is 6.10 Å². The number of aliphatic hydroxyl groups is 1. The maximum atomic E-state index is 10.6. The summed E-state index contributed by atoms with van der Waals surface area (Å²) in [6, 6.07) is 11.8. The van der Waals surface area contributed by atoms with Gasteiger partial charge in [-0.25, -0.2) is 4.98 Å². The minimum Gasteiger partial charge on any atom is -0.488 e. The number of aromatic nitrogens is 2. The van der Waals surface area contributed by atoms with Crippen molar-refractivity contribution < 1.29 is 14.6 Å². The van der Waals surface area contributed by atoms with E-state index in [2.05, 4.69) is 14.9 Å². The molecule has 3 heterocycles. The second-order valence-corrected chi connectivity index (χ2v) is 6.84. The molecule has 3 aromatic rings. The number of hydrogen-bond acceptors (Lipinski definition) is 6. The number of piperidine rings is 1. The van der Waals surface area contributed by atoms with Gasteiger partial charge in [0.15, 0.2) is 0 Å². The van der Waals surface area contributed by atoms with Crippen molar-refractivity contribution in [2.45, 2.75) is 25.2 Å². The molecule has 1 aliphatic rings. The van der Waals surface area contributed by atoms with E-state index in [1.165, 1.54) is 0 Å². The molecule has 27 heavy (non-hydrogen) atoms. The van der Waals surface area contributed by atoms with Gasteiger partial charge in [0.05, 0.1) is 7.11 Å². The molecule has 1 aromatic carbocycles. The Morgan fingerprint density at radius 1 is 1.15 bits per heavy atom. The van der Waals surface area contributed by atoms with Gasteiger partial charge in [0.25, 0.3) is 0 Å². The van der Waals surface area contributed by atoms with Crippen LogP contribution < -0.4 is 9.47 Å². The minimum absolute atomic E-state index is 0.206. The number of ether oxygens (including phenoxy) is 2. The molecule has 2 atom stereocenters. The van der Waals surface area contributed by atoms with Gasteiger partial charge in [-0.2, -0.15) is 0 Å². The van der Waals surface area contributed by atoms with Crippen LogP contribution in [0.15, 0.2) is 55.0 Å². The van der Waals surface area contributed by atoms with Gasteiger partial charge in [0.1, 0.15) is 18.0 Å². The predicted molar refractivity (Wildman–Crippen MR) is 103 cm³/mol. The molecule has 0 bridgehead atoms. The van der Waals surface area contributed by atoms with Crippen molar-refractivity contribution in [1.82, 2.24) is 14.9 Å². The lowest BCUT2D eigenvalue weighted by Gasteiger charge is -2.36. The van der Waals surface area contributed by atoms with E-state index in [0.29, 0.717) is 12.4 Å². The van der Waals surface area contributed by atoms with Crippen LogP contribution in [0.4, 0.5) is 0 Å². The summed E-state index contributed by atoms with van der Waals surface area (Å²) in [4.78, 5) is 10.5. The van der Waals surface area contributed by atoms with Crippen LogP contribution in [0.25, 0.3) is 10.8 Å². The standard InChI is InChI=1S/C21H23N3O3/c1-26-21-10-15(4-8-23-21)13-24-9-6-20(19(25)14-24)27-18-3-2-16-5-7-22-12-17(16)11-18/h2-5,7-8,10-12,19-20,25H,6,9,13-14H2,1H3/t19-,20-/m1/s1. The Balaban J connectivity index is 1.37. The van der Waals surface area contributed by atoms with Crippen molar-refractivity contribution in [3.05, 3.63) is 60.6 Å². The fraction of sp³-hybridized carbons (Fsp3) is 0.333. The lowest BCUT2D eigenvalue weighted by Crippen LogP contribution is -2.48. The molecule has 0 saturated carbocycles. The summed E-state index contributed by atoms with van der Waals surface area (Å²) in [5.41, 5.74) is 1.12. The summed E-state index contributed by atoms with van der Waals surface area (Å²) in [5.74, 6) is 1.38. The van der Waals surface area contributed by atoms with Crippen LogP contribution in [0.1, 0.15) is 12.0 Å². The number of aliphatic hydroxyl groups excluding tert-OH is 1. The average Bonchev–Trinajstić information content (AvgIpc) is 2.70. The molecule has 6 nitrogen and oxygen atoms in total. The molecule has 4 rings (SSSR count). The Bertz CT molecular complexity index is 918. The number of rotatable bonds is 5. The summed E-state index contributed by atoms with van der Waals surface area (Å²) >= 11 is 0. The van der Waals surface area contributed by atoms with Gasteiger partial charge >= 0.3 is 0 Å². The summed E-state index contributed by atoms with van der Waals surface area (Å²) in [6.07, 6.45) is 5.38. The topological polar surface area (TPSA) is 67.7 Å². The molecular weight excluding hydrogens is 342 g/mol. The van der Waals surface area contributed by atoms with Crippen LogP contribution in [0, 0.1) is 0 Å². The normalized spacial score (nSPS) is 20.5. The van der Waals surface area contributed by atoms with Crippen molar-refractivity contribution in [2.75, 3.05) is 20.2 Å². The number of β-amino-alcohol motifs (C(OH)–C–C–N with tert-alkyl or cyclic N) is 1. The molecular formula is C21H23N3O3. The maximum Gasteiger partial charge on any atom is 0.213 e. The van der Waals surface area contributed by atoms with E-state index in [1.54, 1.807) is 19.5 Å². The van der Waals surface area contributed by atoms with Crippen LogP contribution in [0.5, 0.6) is 11.6 Å². The molecule has 0 spiro atoms. The first kappa shape index (κ1) is 17.7. The highest BCUT2D eigenvalue weighted by Gasteiger charge is 2.29. The Morgan fingerprint density at radius 2 is 2.07 bits per heavy atom. The van der Waals surface area contributed by atoms with E-state index in [-0.39, 0.29) is 6.10 Å². The molecule has 140 valence electrons. The first-order chi connectivity index (χ1) is 13.2. The Kier molecular flexibility index (Phi) is 5.18. The number of fused-ring (bicyclic) bond motifs is 1. The molecule has 0 radical (unpaired) electrons. The van der Waals surface area contributed by atoms with E-state index in [9.17, 15) is 5.11 Å². The zero-order chi connectivity index (χ0) is 18.6. The molecule has 1 aliphatic heterocycles. The van der Waals surface area contributed by atoms with Crippen LogP contribution in [-0.2, 0) is 6.54 Å². The fourth-order valence-electron chi connectivity index (χ4n) is 3.49. The van der Waals surface area contributed by atoms with Gasteiger partial charge in [-0.15, -0.1) is 0 Å². The van der Waals surface area contributed by atoms with Crippen LogP contribution >= 0.6 is 0 Å². The average molecular weight is 365 g/mol. The third-order valence-corrected chi connectivity index (χ3v) is 4.92. The second-order valence-electron chi connectivity index (χ2n) is 6.84. The first-order valence-corrected chi connectivity index (χ1v) is 9.11. The number of hydrogen-bond donors (Lipinski definition) is 1. The molecule has 1 fully saturated rings. The monoisotopic (exact) mass is 365 g/mol. The van der Waals surface area contributed by atoms with E-state index in [1.807, 2.05) is 42.6 Å². The molecule has 1 N–H and O–H groups in total. The van der Waals surface area contributed by atoms with E-state index >= 15 is 0 Å². The van der Waals surface area contributed by atoms with Gasteiger partial charge < -0.3 is 14.6 Å². The SMILES string of the molecule is COc1cc(CN2CC[C@@H](Oc3ccc4ccncc4c3)[C@H](O)C2)ccn1. The van der Waals surface area contributed by atoms with Gasteiger partial charge in [-0.1, -0.05) is 6.07 Å². The Hall–Kier alpha value is -2.70. The van der Waals surface area contributed by atoms with Crippen LogP contribution in [0.2, 0.25) is 0 Å². The zero-order valence-electron chi connectivity index (χ0n) is 15.3. The number of benzene rings is 1. The Morgan fingerprint density at radius 3 is 2.93 bits per heavy atom. The van der Waals surface area contributed by atoms with Crippen molar-refractivity contribution in [3.63, 3.8) is 0 Å². The maximum absolute atomic E-state index is 10.6. The van der Waals surface area contributed by atoms with Crippen LogP contribution in [-0.4, -0.2) is 52.4 Å². The summed E-state index contributed by atoms with van der Waals surface area (Å²) < 4.78 is 11.3. The van der Waals surface area contributed by atoms with Crippen LogP contribution in [0.3, 0.4) is 0 Å². The molecule has 0 amide bonds. The van der Waals surface area contributed by atoms with E-state index in [4.69, 9.17) is 9.47 Å². The number of nitrogens with zero attached hydrogens (tertiary/aromatic N) is 3. The van der Waals surface area contributed by atoms with Crippen molar-refractivity contribution in [2.24, 2.45) is 0 Å². The summed E-state index contributed by atoms with van der Waals surface area (Å²) in [5, 5.41) is 12.7.